The number of aromatic nitrogens is 1. The molecule has 0 atom stereocenters. The summed E-state index contributed by atoms with van der Waals surface area (Å²) >= 11 is 1.53. The molecule has 6 heteroatoms. The lowest BCUT2D eigenvalue weighted by molar-refractivity contribution is 0.580. The van der Waals surface area contributed by atoms with Crippen molar-refractivity contribution in [2.24, 2.45) is 0 Å². The molecule has 0 spiro atoms. The second-order valence-corrected chi connectivity index (χ2v) is 7.10. The first-order valence-electron chi connectivity index (χ1n) is 6.02. The van der Waals surface area contributed by atoms with E-state index in [0.29, 0.717) is 4.90 Å². The number of benzene rings is 1. The minimum Gasteiger partial charge on any atom is -0.248 e. The van der Waals surface area contributed by atoms with Gasteiger partial charge >= 0.3 is 0 Å². The van der Waals surface area contributed by atoms with Gasteiger partial charge in [0.2, 0.25) is 10.0 Å². The molecule has 1 aromatic heterocycles. The first-order valence-corrected chi connectivity index (χ1v) is 8.32. The third-order valence-electron chi connectivity index (χ3n) is 2.75. The lowest BCUT2D eigenvalue weighted by atomic mass is 10.2. The summed E-state index contributed by atoms with van der Waals surface area (Å²) in [5.41, 5.74) is 0.739. The van der Waals surface area contributed by atoms with Crippen LogP contribution in [0.1, 0.15) is 22.4 Å². The highest BCUT2D eigenvalue weighted by molar-refractivity contribution is 7.89. The van der Waals surface area contributed by atoms with E-state index in [4.69, 9.17) is 0 Å². The number of rotatable bonds is 5. The molecule has 0 saturated carbocycles. The summed E-state index contributed by atoms with van der Waals surface area (Å²) in [5.74, 6) is 0. The minimum atomic E-state index is -3.47. The van der Waals surface area contributed by atoms with Gasteiger partial charge in [-0.05, 0) is 25.0 Å². The fourth-order valence-corrected chi connectivity index (χ4v) is 3.81. The van der Waals surface area contributed by atoms with Gasteiger partial charge in [-0.25, -0.2) is 18.1 Å². The Morgan fingerprint density at radius 3 is 2.68 bits per heavy atom. The molecular weight excluding hydrogens is 280 g/mol. The summed E-state index contributed by atoms with van der Waals surface area (Å²) in [6, 6.07) is 6.94. The molecule has 0 saturated heterocycles. The predicted molar refractivity (Wildman–Crippen MR) is 76.7 cm³/mol. The summed E-state index contributed by atoms with van der Waals surface area (Å²) in [6.07, 6.45) is 2.71. The Balaban J connectivity index is 2.12. The van der Waals surface area contributed by atoms with E-state index >= 15 is 0 Å². The van der Waals surface area contributed by atoms with Gasteiger partial charge in [0.25, 0.3) is 0 Å². The number of nitrogens with zero attached hydrogens (tertiary/aromatic N) is 1. The molecule has 0 radical (unpaired) electrons. The van der Waals surface area contributed by atoms with Crippen LogP contribution in [0.25, 0.3) is 0 Å². The lowest BCUT2D eigenvalue weighted by Crippen LogP contribution is -2.23. The first kappa shape index (κ1) is 14.2. The molecule has 0 fully saturated rings. The van der Waals surface area contributed by atoms with Gasteiger partial charge in [-0.1, -0.05) is 25.1 Å². The zero-order chi connectivity index (χ0) is 13.9. The van der Waals surface area contributed by atoms with Crippen LogP contribution < -0.4 is 4.72 Å². The maximum Gasteiger partial charge on any atom is 0.241 e. The molecule has 1 N–H and O–H groups in total. The maximum atomic E-state index is 12.2. The molecule has 1 heterocycles. The van der Waals surface area contributed by atoms with Crippen LogP contribution in [-0.2, 0) is 23.0 Å². The smallest absolute Gasteiger partial charge is 0.241 e. The largest absolute Gasteiger partial charge is 0.248 e. The number of hydrogen-bond acceptors (Lipinski definition) is 4. The van der Waals surface area contributed by atoms with Crippen molar-refractivity contribution >= 4 is 21.4 Å². The molecule has 0 unspecified atom stereocenters. The summed E-state index contributed by atoms with van der Waals surface area (Å²) in [5, 5.41) is 0.786. The van der Waals surface area contributed by atoms with Gasteiger partial charge in [0.15, 0.2) is 0 Å². The minimum absolute atomic E-state index is 0.237. The van der Waals surface area contributed by atoms with Crippen LogP contribution in [0.2, 0.25) is 0 Å². The van der Waals surface area contributed by atoms with E-state index in [1.165, 1.54) is 11.3 Å². The summed E-state index contributed by atoms with van der Waals surface area (Å²) < 4.78 is 26.9. The van der Waals surface area contributed by atoms with Crippen LogP contribution >= 0.6 is 11.3 Å². The molecular formula is C13H16N2O2S2. The number of thiazole rings is 1. The number of aryl methyl sites for hydroxylation is 2. The van der Waals surface area contributed by atoms with E-state index in [0.717, 1.165) is 21.9 Å². The molecule has 19 heavy (non-hydrogen) atoms. The average Bonchev–Trinajstić information content (AvgIpc) is 2.85. The van der Waals surface area contributed by atoms with Gasteiger partial charge in [0.05, 0.1) is 11.4 Å². The first-order chi connectivity index (χ1) is 9.03. The van der Waals surface area contributed by atoms with Crippen molar-refractivity contribution in [2.75, 3.05) is 0 Å². The number of nitrogens with one attached hydrogen (secondary N) is 1. The molecule has 0 bridgehead atoms. The Morgan fingerprint density at radius 2 is 2.05 bits per heavy atom. The van der Waals surface area contributed by atoms with Crippen molar-refractivity contribution in [3.63, 3.8) is 0 Å². The molecule has 1 aromatic carbocycles. The zero-order valence-electron chi connectivity index (χ0n) is 10.9. The van der Waals surface area contributed by atoms with Gasteiger partial charge in [0.1, 0.15) is 5.01 Å². The summed E-state index contributed by atoms with van der Waals surface area (Å²) in [6.45, 7) is 4.07. The van der Waals surface area contributed by atoms with Crippen molar-refractivity contribution < 1.29 is 8.42 Å². The highest BCUT2D eigenvalue weighted by Gasteiger charge is 2.16. The average molecular weight is 296 g/mol. The van der Waals surface area contributed by atoms with Crippen LogP contribution in [0.4, 0.5) is 0 Å². The van der Waals surface area contributed by atoms with E-state index in [2.05, 4.69) is 16.6 Å². The van der Waals surface area contributed by atoms with E-state index in [1.54, 1.807) is 31.3 Å². The van der Waals surface area contributed by atoms with Crippen LogP contribution in [-0.4, -0.2) is 13.4 Å². The van der Waals surface area contributed by atoms with Gasteiger partial charge in [-0.2, -0.15) is 0 Å². The van der Waals surface area contributed by atoms with Crippen molar-refractivity contribution in [3.05, 3.63) is 45.9 Å². The van der Waals surface area contributed by atoms with Crippen molar-refractivity contribution in [3.8, 4) is 0 Å². The predicted octanol–water partition coefficient (Wildman–Crippen LogP) is 2.49. The van der Waals surface area contributed by atoms with Crippen LogP contribution in [0.15, 0.2) is 35.4 Å². The standard InChI is InChI=1S/C13H16N2O2S2/c1-3-11-8-14-13(18-11)9-15-19(16,17)12-7-5-4-6-10(12)2/h4-8,15H,3,9H2,1-2H3. The quantitative estimate of drug-likeness (QED) is 0.922. The van der Waals surface area contributed by atoms with Crippen LogP contribution in [0.3, 0.4) is 0 Å². The van der Waals surface area contributed by atoms with E-state index < -0.39 is 10.0 Å². The lowest BCUT2D eigenvalue weighted by Gasteiger charge is -2.07. The van der Waals surface area contributed by atoms with Gasteiger partial charge in [-0.3, -0.25) is 0 Å². The summed E-state index contributed by atoms with van der Waals surface area (Å²) in [4.78, 5) is 5.68. The molecule has 102 valence electrons. The molecule has 2 rings (SSSR count). The van der Waals surface area contributed by atoms with Gasteiger partial charge < -0.3 is 0 Å². The van der Waals surface area contributed by atoms with Crippen LogP contribution in [0, 0.1) is 6.92 Å². The molecule has 0 aliphatic rings. The Hall–Kier alpha value is -1.24. The molecule has 0 aliphatic carbocycles. The topological polar surface area (TPSA) is 59.1 Å². The number of sulfonamides is 1. The van der Waals surface area contributed by atoms with E-state index in [1.807, 2.05) is 6.07 Å². The Labute approximate surface area is 117 Å². The van der Waals surface area contributed by atoms with Crippen LogP contribution in [0.5, 0.6) is 0 Å². The molecule has 4 nitrogen and oxygen atoms in total. The van der Waals surface area contributed by atoms with Gasteiger partial charge in [0, 0.05) is 11.1 Å². The second kappa shape index (κ2) is 5.81. The fraction of sp³-hybridized carbons (Fsp3) is 0.308. The Morgan fingerprint density at radius 1 is 1.32 bits per heavy atom. The Bertz CT molecular complexity index is 663. The monoisotopic (exact) mass is 296 g/mol. The van der Waals surface area contributed by atoms with Crippen molar-refractivity contribution in [2.45, 2.75) is 31.7 Å². The molecule has 0 aliphatic heterocycles. The SMILES string of the molecule is CCc1cnc(CNS(=O)(=O)c2ccccc2C)s1. The highest BCUT2D eigenvalue weighted by Crippen LogP contribution is 2.16. The molecule has 0 amide bonds. The fourth-order valence-electron chi connectivity index (χ4n) is 1.69. The van der Waals surface area contributed by atoms with E-state index in [9.17, 15) is 8.42 Å². The second-order valence-electron chi connectivity index (χ2n) is 4.16. The van der Waals surface area contributed by atoms with Gasteiger partial charge in [-0.15, -0.1) is 11.3 Å². The molecule has 2 aromatic rings. The van der Waals surface area contributed by atoms with Crippen molar-refractivity contribution in [1.82, 2.24) is 9.71 Å². The number of hydrogen-bond donors (Lipinski definition) is 1. The van der Waals surface area contributed by atoms with E-state index in [-0.39, 0.29) is 6.54 Å². The normalized spacial score (nSPS) is 11.7. The van der Waals surface area contributed by atoms with Crippen molar-refractivity contribution in [1.29, 1.82) is 0 Å². The maximum absolute atomic E-state index is 12.2. The summed E-state index contributed by atoms with van der Waals surface area (Å²) in [7, 11) is -3.47. The highest BCUT2D eigenvalue weighted by atomic mass is 32.2. The zero-order valence-corrected chi connectivity index (χ0v) is 12.5. The third kappa shape index (κ3) is 3.40. The Kier molecular flexibility index (Phi) is 4.34. The third-order valence-corrected chi connectivity index (χ3v) is 5.45.